The van der Waals surface area contributed by atoms with Gasteiger partial charge in [-0.25, -0.2) is 9.97 Å². The van der Waals surface area contributed by atoms with Crippen LogP contribution in [0.4, 0.5) is 4.39 Å². The molecule has 0 N–H and O–H groups in total. The molecule has 2 aliphatic heterocycles. The molecule has 0 saturated heterocycles. The van der Waals surface area contributed by atoms with Crippen molar-refractivity contribution in [2.75, 3.05) is 0 Å². The third kappa shape index (κ3) is 0.674. The minimum Gasteiger partial charge on any atom is -0.281 e. The number of fused-ring (bicyclic) bond motifs is 1. The van der Waals surface area contributed by atoms with Crippen LogP contribution in [0.1, 0.15) is 0 Å². The molecule has 0 radical (unpaired) electrons. The molecule has 0 bridgehead atoms. The first-order valence-electron chi connectivity index (χ1n) is 2.82. The van der Waals surface area contributed by atoms with E-state index in [0.717, 1.165) is 6.07 Å². The summed E-state index contributed by atoms with van der Waals surface area (Å²) in [4.78, 5) is 27.7. The first-order valence-corrected chi connectivity index (χ1v) is 2.82. The summed E-state index contributed by atoms with van der Waals surface area (Å²) in [5, 5.41) is 0. The second kappa shape index (κ2) is 1.69. The Balaban J connectivity index is 2.98. The van der Waals surface area contributed by atoms with Gasteiger partial charge in [0, 0.05) is 6.07 Å². The van der Waals surface area contributed by atoms with E-state index in [1.165, 1.54) is 0 Å². The van der Waals surface area contributed by atoms with E-state index in [-0.39, 0.29) is 11.4 Å². The van der Waals surface area contributed by atoms with Crippen molar-refractivity contribution in [3.05, 3.63) is 32.6 Å². The molecule has 0 aromatic carbocycles. The fourth-order valence-electron chi connectivity index (χ4n) is 0.891. The van der Waals surface area contributed by atoms with Gasteiger partial charge >= 0.3 is 5.56 Å². The molecule has 2 rings (SSSR count). The van der Waals surface area contributed by atoms with Gasteiger partial charge in [-0.15, -0.1) is 0 Å². The fourth-order valence-corrected chi connectivity index (χ4v) is 0.891. The molecule has 0 unspecified atom stereocenters. The van der Waals surface area contributed by atoms with Crippen LogP contribution in [0, 0.1) is 5.95 Å². The number of nitrogens with zero attached hydrogens (tertiary/aromatic N) is 2. The molecule has 0 atom stereocenters. The Labute approximate surface area is 59.4 Å². The Kier molecular flexibility index (Phi) is 0.934. The molecule has 0 saturated carbocycles. The van der Waals surface area contributed by atoms with Gasteiger partial charge in [0.15, 0.2) is 0 Å². The van der Waals surface area contributed by atoms with Gasteiger partial charge in [0.25, 0.3) is 5.43 Å². The standard InChI is InChI=1S/C6HFN2O2/c7-3-1-2-4(9-3)5(10)6(11)8-2/h1H. The van der Waals surface area contributed by atoms with E-state index in [1.807, 2.05) is 0 Å². The molecule has 0 aromatic rings. The largest absolute Gasteiger partial charge is 0.320 e. The monoisotopic (exact) mass is 152 g/mol. The van der Waals surface area contributed by atoms with Crippen LogP contribution in [-0.4, -0.2) is 9.97 Å². The second-order valence-corrected chi connectivity index (χ2v) is 2.06. The Bertz CT molecular complexity index is 458. The topological polar surface area (TPSA) is 59.9 Å². The van der Waals surface area contributed by atoms with E-state index in [0.29, 0.717) is 0 Å². The minimum absolute atomic E-state index is 0.0394. The molecule has 0 amide bonds. The molecule has 2 aliphatic rings. The highest BCUT2D eigenvalue weighted by Gasteiger charge is 2.18. The highest BCUT2D eigenvalue weighted by molar-refractivity contribution is 5.56. The summed E-state index contributed by atoms with van der Waals surface area (Å²) in [6.07, 6.45) is 0. The summed E-state index contributed by atoms with van der Waals surface area (Å²) in [6, 6.07) is 0.956. The van der Waals surface area contributed by atoms with Gasteiger partial charge in [-0.1, -0.05) is 0 Å². The van der Waals surface area contributed by atoms with Gasteiger partial charge in [-0.05, 0) is 0 Å². The van der Waals surface area contributed by atoms with Crippen LogP contribution in [0.3, 0.4) is 0 Å². The van der Waals surface area contributed by atoms with Crippen molar-refractivity contribution in [3.8, 4) is 11.4 Å². The average molecular weight is 152 g/mol. The van der Waals surface area contributed by atoms with Crippen molar-refractivity contribution in [1.29, 1.82) is 0 Å². The molecule has 0 fully saturated rings. The van der Waals surface area contributed by atoms with Crippen LogP contribution in [0.25, 0.3) is 11.4 Å². The minimum atomic E-state index is -0.873. The third-order valence-corrected chi connectivity index (χ3v) is 1.35. The number of hydrogen-bond acceptors (Lipinski definition) is 4. The lowest BCUT2D eigenvalue weighted by Gasteiger charge is -1.72. The smallest absolute Gasteiger partial charge is 0.281 e. The van der Waals surface area contributed by atoms with E-state index in [9.17, 15) is 14.0 Å². The molecule has 0 spiro atoms. The van der Waals surface area contributed by atoms with Crippen molar-refractivity contribution >= 4 is 0 Å². The summed E-state index contributed by atoms with van der Waals surface area (Å²) in [6.45, 7) is 0. The number of rotatable bonds is 0. The van der Waals surface area contributed by atoms with Crippen LogP contribution in [0.2, 0.25) is 0 Å². The fraction of sp³-hybridized carbons (Fsp3) is 0. The van der Waals surface area contributed by atoms with Crippen molar-refractivity contribution in [3.63, 3.8) is 0 Å². The molecule has 5 heteroatoms. The molecule has 54 valence electrons. The summed E-state index contributed by atoms with van der Waals surface area (Å²) < 4.78 is 12.3. The number of aromatic nitrogens is 2. The third-order valence-electron chi connectivity index (χ3n) is 1.35. The van der Waals surface area contributed by atoms with Crippen molar-refractivity contribution < 1.29 is 4.39 Å². The molecular weight excluding hydrogens is 151 g/mol. The van der Waals surface area contributed by atoms with E-state index >= 15 is 0 Å². The Morgan fingerprint density at radius 3 is 2.64 bits per heavy atom. The lowest BCUT2D eigenvalue weighted by molar-refractivity contribution is 0.593. The molecule has 4 nitrogen and oxygen atoms in total. The molecule has 2 heterocycles. The summed E-state index contributed by atoms with van der Waals surface area (Å²) in [7, 11) is 0. The van der Waals surface area contributed by atoms with Crippen molar-refractivity contribution in [1.82, 2.24) is 9.97 Å². The lowest BCUT2D eigenvalue weighted by Crippen LogP contribution is -2.19. The zero-order valence-electron chi connectivity index (χ0n) is 5.17. The lowest BCUT2D eigenvalue weighted by atomic mass is 10.4. The van der Waals surface area contributed by atoms with Crippen LogP contribution >= 0.6 is 0 Å². The maximum Gasteiger partial charge on any atom is 0.320 e. The molecular formula is C6HFN2O2. The van der Waals surface area contributed by atoms with Gasteiger partial charge in [0.1, 0.15) is 11.4 Å². The van der Waals surface area contributed by atoms with Crippen LogP contribution in [-0.2, 0) is 0 Å². The number of hydrogen-bond donors (Lipinski definition) is 0. The maximum absolute atomic E-state index is 12.3. The van der Waals surface area contributed by atoms with Crippen LogP contribution < -0.4 is 11.0 Å². The first kappa shape index (κ1) is 6.09. The Hall–Kier alpha value is -1.65. The van der Waals surface area contributed by atoms with E-state index < -0.39 is 16.9 Å². The maximum atomic E-state index is 12.3. The number of halogens is 1. The average Bonchev–Trinajstić information content (AvgIpc) is 2.37. The van der Waals surface area contributed by atoms with Gasteiger partial charge < -0.3 is 0 Å². The first-order chi connectivity index (χ1) is 5.18. The highest BCUT2D eigenvalue weighted by atomic mass is 19.1. The van der Waals surface area contributed by atoms with Gasteiger partial charge in [-0.3, -0.25) is 9.59 Å². The highest BCUT2D eigenvalue weighted by Crippen LogP contribution is 2.12. The van der Waals surface area contributed by atoms with Gasteiger partial charge in [-0.2, -0.15) is 4.39 Å². The van der Waals surface area contributed by atoms with E-state index in [2.05, 4.69) is 9.97 Å². The van der Waals surface area contributed by atoms with Crippen LogP contribution in [0.15, 0.2) is 15.7 Å². The zero-order chi connectivity index (χ0) is 8.01. The predicted molar refractivity (Wildman–Crippen MR) is 33.5 cm³/mol. The van der Waals surface area contributed by atoms with E-state index in [1.54, 1.807) is 0 Å². The second-order valence-electron chi connectivity index (χ2n) is 2.06. The molecule has 0 aliphatic carbocycles. The van der Waals surface area contributed by atoms with E-state index in [4.69, 9.17) is 0 Å². The predicted octanol–water partition coefficient (Wildman–Crippen LogP) is -0.684. The normalized spacial score (nSPS) is 11.0. The van der Waals surface area contributed by atoms with Crippen LogP contribution in [0.5, 0.6) is 0 Å². The molecule has 11 heavy (non-hydrogen) atoms. The summed E-state index contributed by atoms with van der Waals surface area (Å²) in [5.41, 5.74) is -1.84. The van der Waals surface area contributed by atoms with Gasteiger partial charge in [0.2, 0.25) is 5.95 Å². The van der Waals surface area contributed by atoms with Crippen molar-refractivity contribution in [2.24, 2.45) is 0 Å². The quantitative estimate of drug-likeness (QED) is 0.469. The van der Waals surface area contributed by atoms with Crippen molar-refractivity contribution in [2.45, 2.75) is 0 Å². The Morgan fingerprint density at radius 2 is 2.00 bits per heavy atom. The SMILES string of the molecule is O=c1nc2cc(F)nc-2c1=O. The summed E-state index contributed by atoms with van der Waals surface area (Å²) in [5.74, 6) is -0.778. The summed E-state index contributed by atoms with van der Waals surface area (Å²) >= 11 is 0. The Morgan fingerprint density at radius 1 is 1.27 bits per heavy atom. The van der Waals surface area contributed by atoms with Gasteiger partial charge in [0.05, 0.1) is 0 Å². The zero-order valence-corrected chi connectivity index (χ0v) is 5.17. The molecule has 0 aromatic heterocycles.